The SMILES string of the molecule is Brc1cccnc1CNCCCNC1CC1. The minimum atomic E-state index is 0.824. The van der Waals surface area contributed by atoms with Crippen LogP contribution in [0.25, 0.3) is 0 Å². The molecule has 1 fully saturated rings. The summed E-state index contributed by atoms with van der Waals surface area (Å²) in [5.74, 6) is 0. The second-order valence-electron chi connectivity index (χ2n) is 4.19. The standard InChI is InChI=1S/C12H18BrN3/c13-11-3-1-7-16-12(11)9-14-6-2-8-15-10-4-5-10/h1,3,7,10,14-15H,2,4-6,8-9H2. The first-order valence-electron chi connectivity index (χ1n) is 5.90. The second-order valence-corrected chi connectivity index (χ2v) is 5.04. The van der Waals surface area contributed by atoms with Crippen molar-refractivity contribution < 1.29 is 0 Å². The molecule has 1 heterocycles. The molecule has 2 N–H and O–H groups in total. The molecule has 0 unspecified atom stereocenters. The van der Waals surface area contributed by atoms with Gasteiger partial charge in [-0.25, -0.2) is 0 Å². The highest BCUT2D eigenvalue weighted by Gasteiger charge is 2.19. The molecule has 0 radical (unpaired) electrons. The summed E-state index contributed by atoms with van der Waals surface area (Å²) in [5, 5.41) is 6.91. The summed E-state index contributed by atoms with van der Waals surface area (Å²) in [6.45, 7) is 3.01. The van der Waals surface area contributed by atoms with E-state index in [1.54, 1.807) is 0 Å². The van der Waals surface area contributed by atoms with E-state index in [9.17, 15) is 0 Å². The van der Waals surface area contributed by atoms with E-state index >= 15 is 0 Å². The average Bonchev–Trinajstić information content (AvgIpc) is 3.09. The summed E-state index contributed by atoms with van der Waals surface area (Å²) < 4.78 is 1.08. The van der Waals surface area contributed by atoms with Gasteiger partial charge >= 0.3 is 0 Å². The van der Waals surface area contributed by atoms with Crippen LogP contribution in [-0.2, 0) is 6.54 Å². The predicted molar refractivity (Wildman–Crippen MR) is 69.3 cm³/mol. The number of hydrogen-bond acceptors (Lipinski definition) is 3. The molecule has 88 valence electrons. The summed E-state index contributed by atoms with van der Waals surface area (Å²) >= 11 is 3.49. The Hall–Kier alpha value is -0.450. The van der Waals surface area contributed by atoms with E-state index in [-0.39, 0.29) is 0 Å². The number of rotatable bonds is 7. The summed E-state index contributed by atoms with van der Waals surface area (Å²) in [5.41, 5.74) is 1.08. The first-order valence-corrected chi connectivity index (χ1v) is 6.69. The Labute approximate surface area is 105 Å². The first-order chi connectivity index (χ1) is 7.86. The van der Waals surface area contributed by atoms with Gasteiger partial charge < -0.3 is 10.6 Å². The van der Waals surface area contributed by atoms with Gasteiger partial charge in [0.15, 0.2) is 0 Å². The normalized spacial score (nSPS) is 15.3. The highest BCUT2D eigenvalue weighted by molar-refractivity contribution is 9.10. The van der Waals surface area contributed by atoms with Crippen LogP contribution in [-0.4, -0.2) is 24.1 Å². The Bertz CT molecular complexity index is 326. The Morgan fingerprint density at radius 3 is 3.00 bits per heavy atom. The number of aromatic nitrogens is 1. The van der Waals surface area contributed by atoms with Gasteiger partial charge in [0.25, 0.3) is 0 Å². The molecule has 2 rings (SSSR count). The zero-order valence-electron chi connectivity index (χ0n) is 9.38. The smallest absolute Gasteiger partial charge is 0.0683 e. The molecular formula is C12H18BrN3. The van der Waals surface area contributed by atoms with Gasteiger partial charge in [-0.05, 0) is 60.4 Å². The van der Waals surface area contributed by atoms with Crippen molar-refractivity contribution in [2.45, 2.75) is 31.8 Å². The van der Waals surface area contributed by atoms with Gasteiger partial charge in [0.2, 0.25) is 0 Å². The Balaban J connectivity index is 1.55. The molecule has 0 saturated heterocycles. The van der Waals surface area contributed by atoms with Gasteiger partial charge in [0.1, 0.15) is 0 Å². The zero-order chi connectivity index (χ0) is 11.2. The van der Waals surface area contributed by atoms with E-state index in [1.807, 2.05) is 18.3 Å². The van der Waals surface area contributed by atoms with Crippen LogP contribution in [0.2, 0.25) is 0 Å². The van der Waals surface area contributed by atoms with Crippen LogP contribution in [0, 0.1) is 0 Å². The maximum Gasteiger partial charge on any atom is 0.0683 e. The Morgan fingerprint density at radius 2 is 2.25 bits per heavy atom. The topological polar surface area (TPSA) is 37.0 Å². The zero-order valence-corrected chi connectivity index (χ0v) is 11.0. The fourth-order valence-corrected chi connectivity index (χ4v) is 1.96. The van der Waals surface area contributed by atoms with Crippen molar-refractivity contribution in [3.05, 3.63) is 28.5 Å². The van der Waals surface area contributed by atoms with Crippen LogP contribution in [0.1, 0.15) is 25.0 Å². The number of nitrogens with one attached hydrogen (secondary N) is 2. The molecule has 1 aromatic rings. The molecule has 1 aromatic heterocycles. The number of pyridine rings is 1. The number of nitrogens with zero attached hydrogens (tertiary/aromatic N) is 1. The summed E-state index contributed by atoms with van der Waals surface area (Å²) in [6, 6.07) is 4.79. The molecule has 1 aliphatic rings. The van der Waals surface area contributed by atoms with Crippen molar-refractivity contribution in [3.63, 3.8) is 0 Å². The van der Waals surface area contributed by atoms with Crippen molar-refractivity contribution in [1.29, 1.82) is 0 Å². The molecule has 16 heavy (non-hydrogen) atoms. The minimum Gasteiger partial charge on any atom is -0.314 e. The summed E-state index contributed by atoms with van der Waals surface area (Å²) in [4.78, 5) is 4.31. The monoisotopic (exact) mass is 283 g/mol. The summed E-state index contributed by atoms with van der Waals surface area (Å²) in [7, 11) is 0. The fourth-order valence-electron chi connectivity index (χ4n) is 1.56. The van der Waals surface area contributed by atoms with Crippen molar-refractivity contribution >= 4 is 15.9 Å². The van der Waals surface area contributed by atoms with Crippen molar-refractivity contribution in [2.75, 3.05) is 13.1 Å². The highest BCUT2D eigenvalue weighted by atomic mass is 79.9. The van der Waals surface area contributed by atoms with Crippen LogP contribution < -0.4 is 10.6 Å². The molecule has 4 heteroatoms. The van der Waals surface area contributed by atoms with E-state index in [2.05, 4.69) is 31.5 Å². The van der Waals surface area contributed by atoms with E-state index in [0.29, 0.717) is 0 Å². The minimum absolute atomic E-state index is 0.824. The molecule has 0 amide bonds. The van der Waals surface area contributed by atoms with Gasteiger partial charge in [-0.1, -0.05) is 0 Å². The van der Waals surface area contributed by atoms with Crippen LogP contribution in [0.5, 0.6) is 0 Å². The second kappa shape index (κ2) is 6.33. The Morgan fingerprint density at radius 1 is 1.38 bits per heavy atom. The molecule has 0 bridgehead atoms. The van der Waals surface area contributed by atoms with Crippen LogP contribution in [0.4, 0.5) is 0 Å². The Kier molecular flexibility index (Phi) is 4.75. The van der Waals surface area contributed by atoms with Crippen molar-refractivity contribution in [3.8, 4) is 0 Å². The third-order valence-electron chi connectivity index (χ3n) is 2.67. The van der Waals surface area contributed by atoms with Crippen molar-refractivity contribution in [2.24, 2.45) is 0 Å². The molecule has 0 aliphatic heterocycles. The maximum atomic E-state index is 4.31. The van der Waals surface area contributed by atoms with Crippen LogP contribution in [0.15, 0.2) is 22.8 Å². The molecule has 0 aromatic carbocycles. The molecule has 1 aliphatic carbocycles. The van der Waals surface area contributed by atoms with Crippen molar-refractivity contribution in [1.82, 2.24) is 15.6 Å². The fraction of sp³-hybridized carbons (Fsp3) is 0.583. The number of hydrogen-bond donors (Lipinski definition) is 2. The van der Waals surface area contributed by atoms with Gasteiger partial charge in [-0.3, -0.25) is 4.98 Å². The molecule has 0 spiro atoms. The lowest BCUT2D eigenvalue weighted by Gasteiger charge is -2.06. The van der Waals surface area contributed by atoms with Gasteiger partial charge in [-0.15, -0.1) is 0 Å². The lowest BCUT2D eigenvalue weighted by atomic mass is 10.3. The molecule has 3 nitrogen and oxygen atoms in total. The van der Waals surface area contributed by atoms with Gasteiger partial charge in [0.05, 0.1) is 5.69 Å². The first kappa shape index (κ1) is 12.0. The lowest BCUT2D eigenvalue weighted by molar-refractivity contribution is 0.589. The largest absolute Gasteiger partial charge is 0.314 e. The highest BCUT2D eigenvalue weighted by Crippen LogP contribution is 2.18. The molecule has 0 atom stereocenters. The number of halogens is 1. The van der Waals surface area contributed by atoms with E-state index < -0.39 is 0 Å². The van der Waals surface area contributed by atoms with Gasteiger partial charge in [-0.2, -0.15) is 0 Å². The third-order valence-corrected chi connectivity index (χ3v) is 3.39. The van der Waals surface area contributed by atoms with E-state index in [4.69, 9.17) is 0 Å². The van der Waals surface area contributed by atoms with E-state index in [0.717, 1.165) is 35.8 Å². The summed E-state index contributed by atoms with van der Waals surface area (Å²) in [6.07, 6.45) is 5.75. The predicted octanol–water partition coefficient (Wildman–Crippen LogP) is 2.08. The van der Waals surface area contributed by atoms with Crippen LogP contribution >= 0.6 is 15.9 Å². The van der Waals surface area contributed by atoms with Crippen LogP contribution in [0.3, 0.4) is 0 Å². The molecular weight excluding hydrogens is 266 g/mol. The lowest BCUT2D eigenvalue weighted by Crippen LogP contribution is -2.23. The van der Waals surface area contributed by atoms with Gasteiger partial charge in [0, 0.05) is 23.3 Å². The maximum absolute atomic E-state index is 4.31. The van der Waals surface area contributed by atoms with E-state index in [1.165, 1.54) is 19.3 Å². The third kappa shape index (κ3) is 4.20. The molecule has 1 saturated carbocycles. The average molecular weight is 284 g/mol. The quantitative estimate of drug-likeness (QED) is 0.753.